The fourth-order valence-electron chi connectivity index (χ4n) is 2.07. The van der Waals surface area contributed by atoms with Crippen LogP contribution in [0.1, 0.15) is 5.56 Å². The number of hydrogen-bond acceptors (Lipinski definition) is 3. The zero-order valence-corrected chi connectivity index (χ0v) is 16.9. The molecule has 0 aliphatic rings. The van der Waals surface area contributed by atoms with Crippen molar-refractivity contribution in [2.24, 2.45) is 0 Å². The van der Waals surface area contributed by atoms with Crippen LogP contribution in [0, 0.1) is 6.92 Å². The molecule has 1 aromatic carbocycles. The second-order valence-electron chi connectivity index (χ2n) is 6.69. The summed E-state index contributed by atoms with van der Waals surface area (Å²) < 4.78 is 220. The van der Waals surface area contributed by atoms with Crippen molar-refractivity contribution in [3.05, 3.63) is 29.8 Å². The monoisotopic (exact) mass is 567 g/mol. The first-order valence-electron chi connectivity index (χ1n) is 8.10. The van der Waals surface area contributed by atoms with Gasteiger partial charge >= 0.3 is 47.6 Å². The molecule has 0 bridgehead atoms. The molecule has 0 aliphatic heterocycles. The zero-order chi connectivity index (χ0) is 28.3. The smallest absolute Gasteiger partial charge is 0.267 e. The van der Waals surface area contributed by atoms with Crippen molar-refractivity contribution in [3.8, 4) is 0 Å². The Labute approximate surface area is 184 Å². The van der Waals surface area contributed by atoms with Crippen LogP contribution in [0.25, 0.3) is 0 Å². The Hall–Kier alpha value is -2.41. The maximum atomic E-state index is 13.8. The molecule has 0 fully saturated rings. The Morgan fingerprint density at radius 2 is 0.971 bits per heavy atom. The number of carbonyl (C=O) groups is 1. The van der Waals surface area contributed by atoms with Gasteiger partial charge < -0.3 is 0 Å². The van der Waals surface area contributed by atoms with Gasteiger partial charge in [-0.1, -0.05) is 17.7 Å². The lowest BCUT2D eigenvalue weighted by atomic mass is 9.91. The van der Waals surface area contributed by atoms with Gasteiger partial charge in [0.25, 0.3) is 10.0 Å². The van der Waals surface area contributed by atoms with Crippen molar-refractivity contribution < 1.29 is 79.1 Å². The Balaban J connectivity index is 3.52. The van der Waals surface area contributed by atoms with Crippen LogP contribution >= 0.6 is 0 Å². The highest BCUT2D eigenvalue weighted by atomic mass is 32.2. The predicted molar refractivity (Wildman–Crippen MR) is 82.2 cm³/mol. The average molecular weight is 567 g/mol. The molecule has 202 valence electrons. The van der Waals surface area contributed by atoms with Crippen molar-refractivity contribution >= 4 is 15.9 Å². The number of alkyl halides is 15. The molecule has 0 radical (unpaired) electrons. The van der Waals surface area contributed by atoms with E-state index in [0.29, 0.717) is 17.7 Å². The van der Waals surface area contributed by atoms with Crippen LogP contribution in [0.3, 0.4) is 0 Å². The summed E-state index contributed by atoms with van der Waals surface area (Å²) in [6, 6.07) is 2.96. The molecule has 1 rings (SSSR count). The highest BCUT2D eigenvalue weighted by Gasteiger charge is 2.94. The van der Waals surface area contributed by atoms with Gasteiger partial charge in [-0.15, -0.1) is 0 Å². The van der Waals surface area contributed by atoms with E-state index in [0.717, 1.165) is 12.1 Å². The molecule has 0 aliphatic carbocycles. The fraction of sp³-hybridized carbons (Fsp3) is 0.533. The number of aryl methyl sites for hydroxylation is 1. The molecule has 1 aromatic rings. The molecule has 0 saturated heterocycles. The number of nitrogens with one attached hydrogen (secondary N) is 1. The van der Waals surface area contributed by atoms with E-state index in [2.05, 4.69) is 0 Å². The molecule has 1 amide bonds. The summed E-state index contributed by atoms with van der Waals surface area (Å²) >= 11 is 0. The molecule has 0 heterocycles. The topological polar surface area (TPSA) is 63.2 Å². The summed E-state index contributed by atoms with van der Waals surface area (Å²) in [5, 5.41) is 0. The van der Waals surface area contributed by atoms with E-state index in [1.54, 1.807) is 0 Å². The molecule has 0 unspecified atom stereocenters. The lowest BCUT2D eigenvalue weighted by Crippen LogP contribution is -2.74. The van der Waals surface area contributed by atoms with Crippen LogP contribution in [0.5, 0.6) is 0 Å². The largest absolute Gasteiger partial charge is 0.460 e. The van der Waals surface area contributed by atoms with Gasteiger partial charge in [-0.3, -0.25) is 4.79 Å². The first-order valence-corrected chi connectivity index (χ1v) is 9.58. The van der Waals surface area contributed by atoms with E-state index in [-0.39, 0.29) is 4.72 Å². The zero-order valence-electron chi connectivity index (χ0n) is 16.1. The molecular weight excluding hydrogens is 559 g/mol. The van der Waals surface area contributed by atoms with E-state index in [4.69, 9.17) is 0 Å². The van der Waals surface area contributed by atoms with Crippen LogP contribution in [0.4, 0.5) is 65.9 Å². The van der Waals surface area contributed by atoms with E-state index >= 15 is 0 Å². The minimum absolute atomic E-state index is 0.0646. The van der Waals surface area contributed by atoms with Crippen molar-refractivity contribution in [3.63, 3.8) is 0 Å². The quantitative estimate of drug-likeness (QED) is 0.441. The molecule has 0 saturated carbocycles. The number of hydrogen-bond donors (Lipinski definition) is 1. The third-order valence-corrected chi connectivity index (χ3v) is 5.52. The van der Waals surface area contributed by atoms with Crippen LogP contribution < -0.4 is 4.72 Å². The molecule has 1 N–H and O–H groups in total. The number of amides is 1. The van der Waals surface area contributed by atoms with Gasteiger partial charge in [-0.2, -0.15) is 65.9 Å². The van der Waals surface area contributed by atoms with Crippen molar-refractivity contribution in [1.82, 2.24) is 4.72 Å². The van der Waals surface area contributed by atoms with Gasteiger partial charge in [0.15, 0.2) is 0 Å². The summed E-state index contributed by atoms with van der Waals surface area (Å²) in [6.07, 6.45) is -7.77. The number of benzene rings is 1. The minimum atomic E-state index is -8.60. The first-order chi connectivity index (χ1) is 15.1. The molecule has 0 atom stereocenters. The predicted octanol–water partition coefficient (Wildman–Crippen LogP) is 5.17. The van der Waals surface area contributed by atoms with Crippen LogP contribution in [0.2, 0.25) is 0 Å². The van der Waals surface area contributed by atoms with Gasteiger partial charge in [0.2, 0.25) is 0 Å². The first kappa shape index (κ1) is 30.6. The van der Waals surface area contributed by atoms with E-state index in [9.17, 15) is 79.1 Å². The summed E-state index contributed by atoms with van der Waals surface area (Å²) in [4.78, 5) is 10.2. The highest BCUT2D eigenvalue weighted by Crippen LogP contribution is 2.62. The molecular formula is C15H8F15NO3S. The van der Waals surface area contributed by atoms with Gasteiger partial charge in [0, 0.05) is 0 Å². The average Bonchev–Trinajstić information content (AvgIpc) is 2.66. The summed E-state index contributed by atoms with van der Waals surface area (Å²) in [5.41, 5.74) is 0.297. The number of rotatable bonds is 8. The highest BCUT2D eigenvalue weighted by molar-refractivity contribution is 7.90. The summed E-state index contributed by atoms with van der Waals surface area (Å²) in [6.45, 7) is 1.34. The Kier molecular flexibility index (Phi) is 7.28. The van der Waals surface area contributed by atoms with Gasteiger partial charge in [0.1, 0.15) is 0 Å². The Morgan fingerprint density at radius 3 is 1.34 bits per heavy atom. The lowest BCUT2D eigenvalue weighted by Gasteiger charge is -2.41. The van der Waals surface area contributed by atoms with E-state index in [1.165, 1.54) is 6.92 Å². The Bertz CT molecular complexity index is 1060. The van der Waals surface area contributed by atoms with Crippen molar-refractivity contribution in [2.75, 3.05) is 0 Å². The number of carbonyl (C=O) groups excluding carboxylic acids is 1. The second-order valence-corrected chi connectivity index (χ2v) is 8.37. The number of sulfonamides is 1. The normalized spacial score (nSPS) is 15.2. The van der Waals surface area contributed by atoms with E-state index in [1.807, 2.05) is 0 Å². The molecule has 35 heavy (non-hydrogen) atoms. The minimum Gasteiger partial charge on any atom is -0.267 e. The van der Waals surface area contributed by atoms with Gasteiger partial charge in [0.05, 0.1) is 4.90 Å². The molecule has 0 spiro atoms. The van der Waals surface area contributed by atoms with Gasteiger partial charge in [-0.05, 0) is 19.1 Å². The lowest BCUT2D eigenvalue weighted by molar-refractivity contribution is -0.449. The third kappa shape index (κ3) is 4.48. The standard InChI is InChI=1S/C15H8F15NO3S/c1-6-2-4-7(5-3-6)35(33,34)31-8(32)9(16,17)10(18,19)11(20,21)12(22,23)13(24,25)14(26,27)15(28,29)30/h2-5H,1H3,(H,31,32). The van der Waals surface area contributed by atoms with E-state index < -0.39 is 62.5 Å². The van der Waals surface area contributed by atoms with Crippen molar-refractivity contribution in [1.29, 1.82) is 0 Å². The molecule has 4 nitrogen and oxygen atoms in total. The molecule has 0 aromatic heterocycles. The SMILES string of the molecule is Cc1ccc(S(=O)(=O)NC(=O)C(F)(F)C(F)(F)C(F)(F)C(F)(F)C(F)(F)C(F)(F)C(F)(F)F)cc1. The van der Waals surface area contributed by atoms with Crippen LogP contribution in [-0.2, 0) is 14.8 Å². The second kappa shape index (κ2) is 8.32. The maximum absolute atomic E-state index is 13.8. The van der Waals surface area contributed by atoms with Crippen LogP contribution in [0.15, 0.2) is 29.2 Å². The Morgan fingerprint density at radius 1 is 0.629 bits per heavy atom. The van der Waals surface area contributed by atoms with Crippen LogP contribution in [-0.4, -0.2) is 56.0 Å². The summed E-state index contributed by atoms with van der Waals surface area (Å²) in [7, 11) is -5.63. The third-order valence-electron chi connectivity index (χ3n) is 4.17. The molecule has 20 heteroatoms. The number of halogens is 15. The fourth-order valence-corrected chi connectivity index (χ4v) is 3.06. The van der Waals surface area contributed by atoms with Gasteiger partial charge in [-0.25, -0.2) is 13.1 Å². The van der Waals surface area contributed by atoms with Crippen molar-refractivity contribution in [2.45, 2.75) is 53.5 Å². The maximum Gasteiger partial charge on any atom is 0.460 e. The summed E-state index contributed by atoms with van der Waals surface area (Å²) in [5.74, 6) is -53.4.